The molecule has 42 heavy (non-hydrogen) atoms. The van der Waals surface area contributed by atoms with Gasteiger partial charge in [0.2, 0.25) is 11.8 Å². The Hall–Kier alpha value is -3.10. The Morgan fingerprint density at radius 2 is 1.33 bits per heavy atom. The number of aromatic nitrogens is 2. The van der Waals surface area contributed by atoms with Gasteiger partial charge in [-0.25, -0.2) is 4.79 Å². The van der Waals surface area contributed by atoms with Crippen molar-refractivity contribution in [2.45, 2.75) is 136 Å². The van der Waals surface area contributed by atoms with E-state index in [9.17, 15) is 24.3 Å². The third-order valence-electron chi connectivity index (χ3n) is 7.89. The van der Waals surface area contributed by atoms with Crippen LogP contribution in [0.3, 0.4) is 0 Å². The van der Waals surface area contributed by atoms with Crippen molar-refractivity contribution in [2.75, 3.05) is 11.9 Å². The van der Waals surface area contributed by atoms with Gasteiger partial charge in [0, 0.05) is 18.2 Å². The highest BCUT2D eigenvalue weighted by molar-refractivity contribution is 5.98. The summed E-state index contributed by atoms with van der Waals surface area (Å²) in [6.07, 6.45) is 19.6. The first kappa shape index (κ1) is 35.1. The number of anilines is 1. The number of carboxylic acid groups (broad SMARTS) is 1. The van der Waals surface area contributed by atoms with E-state index in [0.29, 0.717) is 29.6 Å². The van der Waals surface area contributed by atoms with Crippen molar-refractivity contribution in [1.29, 1.82) is 0 Å². The SMILES string of the molecule is CCCCCCCCCCCCCCCCCCN(C(=O)C[C@@H](Nc1ccc2c(=O)[nH][nH]c2c1)C(=O)O)C(=O)C(C)C. The van der Waals surface area contributed by atoms with Gasteiger partial charge in [-0.1, -0.05) is 117 Å². The number of nitrogens with zero attached hydrogens (tertiary/aromatic N) is 1. The molecule has 0 saturated carbocycles. The van der Waals surface area contributed by atoms with Crippen molar-refractivity contribution < 1.29 is 19.5 Å². The van der Waals surface area contributed by atoms with Crippen LogP contribution in [0.2, 0.25) is 0 Å². The number of fused-ring (bicyclic) bond motifs is 1. The average molecular weight is 587 g/mol. The summed E-state index contributed by atoms with van der Waals surface area (Å²) in [4.78, 5) is 50.9. The number of aromatic amines is 2. The van der Waals surface area contributed by atoms with E-state index < -0.39 is 17.9 Å². The standard InChI is InChI=1S/C33H54N4O5/c1-4-5-6-7-8-9-10-11-12-13-14-15-16-17-18-19-22-37(32(40)25(2)3)30(38)24-29(33(41)42)34-26-20-21-27-28(23-26)35-36-31(27)39/h20-21,23,25,29,34H,4-19,22,24H2,1-3H3,(H,41,42)(H2,35,36,39)/t29-/m1/s1. The van der Waals surface area contributed by atoms with Crippen LogP contribution in [0.15, 0.2) is 23.0 Å². The number of carboxylic acids is 1. The van der Waals surface area contributed by atoms with Crippen LogP contribution in [-0.4, -0.2) is 50.6 Å². The number of H-pyrrole nitrogens is 2. The zero-order valence-electron chi connectivity index (χ0n) is 26.1. The molecule has 0 bridgehead atoms. The largest absolute Gasteiger partial charge is 0.480 e. The smallest absolute Gasteiger partial charge is 0.326 e. The first-order chi connectivity index (χ1) is 20.2. The van der Waals surface area contributed by atoms with Crippen LogP contribution in [-0.2, 0) is 14.4 Å². The molecule has 9 heteroatoms. The molecule has 2 aromatic rings. The van der Waals surface area contributed by atoms with Gasteiger partial charge < -0.3 is 10.4 Å². The number of benzene rings is 1. The number of amides is 2. The lowest BCUT2D eigenvalue weighted by Crippen LogP contribution is -2.44. The Labute approximate surface area is 251 Å². The lowest BCUT2D eigenvalue weighted by molar-refractivity contribution is -0.149. The highest BCUT2D eigenvalue weighted by atomic mass is 16.4. The van der Waals surface area contributed by atoms with E-state index in [1.807, 2.05) is 0 Å². The third kappa shape index (κ3) is 12.8. The first-order valence-electron chi connectivity index (χ1n) is 16.3. The molecule has 9 nitrogen and oxygen atoms in total. The Bertz CT molecular complexity index is 1140. The number of hydrogen-bond acceptors (Lipinski definition) is 5. The van der Waals surface area contributed by atoms with E-state index in [-0.39, 0.29) is 23.8 Å². The van der Waals surface area contributed by atoms with Gasteiger partial charge in [-0.2, -0.15) is 0 Å². The minimum atomic E-state index is -1.21. The van der Waals surface area contributed by atoms with Crippen LogP contribution in [0.1, 0.15) is 130 Å². The number of nitrogens with one attached hydrogen (secondary N) is 3. The lowest BCUT2D eigenvalue weighted by Gasteiger charge is -2.25. The summed E-state index contributed by atoms with van der Waals surface area (Å²) < 4.78 is 0. The summed E-state index contributed by atoms with van der Waals surface area (Å²) in [6.45, 7) is 6.05. The summed E-state index contributed by atoms with van der Waals surface area (Å²) in [5.41, 5.74) is 0.719. The average Bonchev–Trinajstić information content (AvgIpc) is 3.33. The fourth-order valence-corrected chi connectivity index (χ4v) is 5.30. The van der Waals surface area contributed by atoms with Gasteiger partial charge in [0.25, 0.3) is 5.56 Å². The summed E-state index contributed by atoms with van der Waals surface area (Å²) in [6, 6.07) is 3.58. The van der Waals surface area contributed by atoms with E-state index in [1.54, 1.807) is 32.0 Å². The maximum atomic E-state index is 13.2. The number of hydrogen-bond donors (Lipinski definition) is 4. The van der Waals surface area contributed by atoms with Crippen molar-refractivity contribution >= 4 is 34.4 Å². The molecule has 4 N–H and O–H groups in total. The van der Waals surface area contributed by atoms with E-state index >= 15 is 0 Å². The predicted octanol–water partition coefficient (Wildman–Crippen LogP) is 7.38. The molecule has 0 spiro atoms. The van der Waals surface area contributed by atoms with E-state index in [4.69, 9.17) is 0 Å². The fourth-order valence-electron chi connectivity index (χ4n) is 5.30. The fraction of sp³-hybridized carbons (Fsp3) is 0.697. The summed E-state index contributed by atoms with van der Waals surface area (Å²) in [7, 11) is 0. The van der Waals surface area contributed by atoms with Crippen molar-refractivity contribution in [3.05, 3.63) is 28.6 Å². The van der Waals surface area contributed by atoms with Gasteiger partial charge in [0.15, 0.2) is 0 Å². The highest BCUT2D eigenvalue weighted by Gasteiger charge is 2.29. The highest BCUT2D eigenvalue weighted by Crippen LogP contribution is 2.18. The van der Waals surface area contributed by atoms with Gasteiger partial charge >= 0.3 is 5.97 Å². The first-order valence-corrected chi connectivity index (χ1v) is 16.3. The molecule has 0 saturated heterocycles. The minimum Gasteiger partial charge on any atom is -0.480 e. The third-order valence-corrected chi connectivity index (χ3v) is 7.89. The van der Waals surface area contributed by atoms with Crippen LogP contribution in [0.25, 0.3) is 10.9 Å². The van der Waals surface area contributed by atoms with Gasteiger partial charge in [-0.15, -0.1) is 0 Å². The molecule has 0 radical (unpaired) electrons. The molecule has 2 rings (SSSR count). The van der Waals surface area contributed by atoms with E-state index in [1.165, 1.54) is 81.9 Å². The van der Waals surface area contributed by atoms with Crippen molar-refractivity contribution in [3.8, 4) is 0 Å². The van der Waals surface area contributed by atoms with Crippen LogP contribution < -0.4 is 10.9 Å². The Kier molecular flexibility index (Phi) is 16.6. The Balaban J connectivity index is 1.69. The minimum absolute atomic E-state index is 0.265. The van der Waals surface area contributed by atoms with Gasteiger partial charge in [0.1, 0.15) is 6.04 Å². The molecule has 1 heterocycles. The quantitative estimate of drug-likeness (QED) is 0.100. The maximum Gasteiger partial charge on any atom is 0.326 e. The molecule has 1 atom stereocenters. The van der Waals surface area contributed by atoms with Crippen LogP contribution in [0.4, 0.5) is 5.69 Å². The van der Waals surface area contributed by atoms with Crippen LogP contribution in [0, 0.1) is 5.92 Å². The molecule has 0 fully saturated rings. The van der Waals surface area contributed by atoms with E-state index in [0.717, 1.165) is 19.3 Å². The molecule has 0 aliphatic heterocycles. The molecule has 236 valence electrons. The monoisotopic (exact) mass is 586 g/mol. The lowest BCUT2D eigenvalue weighted by atomic mass is 10.0. The molecule has 0 aliphatic carbocycles. The number of carbonyl (C=O) groups is 3. The molecular weight excluding hydrogens is 532 g/mol. The second-order valence-electron chi connectivity index (χ2n) is 11.9. The number of carbonyl (C=O) groups excluding carboxylic acids is 2. The molecule has 1 aromatic heterocycles. The van der Waals surface area contributed by atoms with Crippen molar-refractivity contribution in [2.24, 2.45) is 5.92 Å². The topological polar surface area (TPSA) is 135 Å². The van der Waals surface area contributed by atoms with Crippen molar-refractivity contribution in [1.82, 2.24) is 15.1 Å². The zero-order chi connectivity index (χ0) is 30.7. The second-order valence-corrected chi connectivity index (χ2v) is 11.9. The molecule has 2 amide bonds. The van der Waals surface area contributed by atoms with Crippen LogP contribution >= 0.6 is 0 Å². The normalized spacial score (nSPS) is 12.1. The van der Waals surface area contributed by atoms with Gasteiger partial charge in [-0.05, 0) is 24.6 Å². The molecule has 0 unspecified atom stereocenters. The number of rotatable bonds is 23. The summed E-state index contributed by atoms with van der Waals surface area (Å²) in [5.74, 6) is -2.33. The van der Waals surface area contributed by atoms with Gasteiger partial charge in [-0.3, -0.25) is 29.5 Å². The van der Waals surface area contributed by atoms with Gasteiger partial charge in [0.05, 0.1) is 17.3 Å². The molecule has 0 aliphatic rings. The maximum absolute atomic E-state index is 13.2. The number of aliphatic carboxylic acids is 1. The van der Waals surface area contributed by atoms with Crippen molar-refractivity contribution in [3.63, 3.8) is 0 Å². The Morgan fingerprint density at radius 1 is 0.810 bits per heavy atom. The predicted molar refractivity (Wildman–Crippen MR) is 170 cm³/mol. The number of unbranched alkanes of at least 4 members (excludes halogenated alkanes) is 15. The Morgan fingerprint density at radius 3 is 1.83 bits per heavy atom. The number of imide groups is 1. The second kappa shape index (κ2) is 19.9. The van der Waals surface area contributed by atoms with E-state index in [2.05, 4.69) is 22.4 Å². The summed E-state index contributed by atoms with van der Waals surface area (Å²) in [5, 5.41) is 18.3. The molecular formula is C33H54N4O5. The van der Waals surface area contributed by atoms with Crippen LogP contribution in [0.5, 0.6) is 0 Å². The molecule has 1 aromatic carbocycles. The zero-order valence-corrected chi connectivity index (χ0v) is 26.1. The summed E-state index contributed by atoms with van der Waals surface area (Å²) >= 11 is 0.